The zero-order chi connectivity index (χ0) is 12.4. The van der Waals surface area contributed by atoms with E-state index in [0.717, 1.165) is 15.8 Å². The summed E-state index contributed by atoms with van der Waals surface area (Å²) in [6.45, 7) is 3.55. The summed E-state index contributed by atoms with van der Waals surface area (Å²) in [7, 11) is 0. The SMILES string of the molecule is Cc1cc(CSc2nc(C)c(C(=O)O)s2)on1. The molecule has 0 aromatic carbocycles. The number of rotatable bonds is 4. The predicted octanol–water partition coefficient (Wildman–Crippen LogP) is 2.74. The molecule has 5 nitrogen and oxygen atoms in total. The van der Waals surface area contributed by atoms with Crippen molar-refractivity contribution in [2.75, 3.05) is 0 Å². The Morgan fingerprint density at radius 2 is 2.35 bits per heavy atom. The highest BCUT2D eigenvalue weighted by atomic mass is 32.2. The van der Waals surface area contributed by atoms with E-state index in [1.54, 1.807) is 6.92 Å². The van der Waals surface area contributed by atoms with Gasteiger partial charge in [0.2, 0.25) is 0 Å². The Morgan fingerprint density at radius 1 is 1.59 bits per heavy atom. The lowest BCUT2D eigenvalue weighted by Gasteiger charge is -1.90. The molecule has 90 valence electrons. The third-order valence-corrected chi connectivity index (χ3v) is 4.30. The number of carboxylic acids is 1. The number of thiazole rings is 1. The maximum Gasteiger partial charge on any atom is 0.347 e. The van der Waals surface area contributed by atoms with Gasteiger partial charge in [-0.05, 0) is 13.8 Å². The fourth-order valence-corrected chi connectivity index (χ4v) is 3.15. The van der Waals surface area contributed by atoms with Gasteiger partial charge in [-0.15, -0.1) is 11.3 Å². The lowest BCUT2D eigenvalue weighted by atomic mass is 10.4. The second kappa shape index (κ2) is 4.89. The van der Waals surface area contributed by atoms with E-state index in [4.69, 9.17) is 9.63 Å². The van der Waals surface area contributed by atoms with Crippen molar-refractivity contribution in [2.24, 2.45) is 0 Å². The molecule has 0 amide bonds. The molecule has 1 N–H and O–H groups in total. The molecule has 7 heteroatoms. The van der Waals surface area contributed by atoms with Crippen LogP contribution in [0.4, 0.5) is 0 Å². The van der Waals surface area contributed by atoms with Crippen LogP contribution in [0.3, 0.4) is 0 Å². The van der Waals surface area contributed by atoms with Crippen LogP contribution in [0.2, 0.25) is 0 Å². The minimum absolute atomic E-state index is 0.293. The highest BCUT2D eigenvalue weighted by Crippen LogP contribution is 2.29. The molecule has 0 atom stereocenters. The van der Waals surface area contributed by atoms with Gasteiger partial charge in [0, 0.05) is 6.07 Å². The van der Waals surface area contributed by atoms with E-state index in [0.29, 0.717) is 16.3 Å². The summed E-state index contributed by atoms with van der Waals surface area (Å²) >= 11 is 2.63. The zero-order valence-electron chi connectivity index (χ0n) is 9.26. The first-order valence-electron chi connectivity index (χ1n) is 4.82. The maximum absolute atomic E-state index is 10.8. The number of thioether (sulfide) groups is 1. The Bertz CT molecular complexity index is 547. The van der Waals surface area contributed by atoms with Gasteiger partial charge >= 0.3 is 5.97 Å². The van der Waals surface area contributed by atoms with Crippen molar-refractivity contribution < 1.29 is 14.4 Å². The molecule has 2 aromatic rings. The van der Waals surface area contributed by atoms with Gasteiger partial charge in [0.25, 0.3) is 0 Å². The number of carbonyl (C=O) groups is 1. The van der Waals surface area contributed by atoms with Crippen LogP contribution in [0.5, 0.6) is 0 Å². The Kier molecular flexibility index (Phi) is 3.49. The van der Waals surface area contributed by atoms with Crippen molar-refractivity contribution in [3.05, 3.63) is 28.1 Å². The minimum atomic E-state index is -0.928. The highest BCUT2D eigenvalue weighted by Gasteiger charge is 2.14. The predicted molar refractivity (Wildman–Crippen MR) is 64.6 cm³/mol. The number of aromatic nitrogens is 2. The average Bonchev–Trinajstić information content (AvgIpc) is 2.82. The van der Waals surface area contributed by atoms with E-state index in [-0.39, 0.29) is 0 Å². The molecule has 0 saturated heterocycles. The molecule has 0 radical (unpaired) electrons. The summed E-state index contributed by atoms with van der Waals surface area (Å²) in [5.74, 6) is 0.437. The zero-order valence-corrected chi connectivity index (χ0v) is 10.9. The van der Waals surface area contributed by atoms with Gasteiger partial charge in [-0.2, -0.15) is 0 Å². The Morgan fingerprint density at radius 3 is 2.88 bits per heavy atom. The van der Waals surface area contributed by atoms with Gasteiger partial charge in [-0.25, -0.2) is 9.78 Å². The third kappa shape index (κ3) is 2.86. The number of aromatic carboxylic acids is 1. The van der Waals surface area contributed by atoms with Crippen LogP contribution in [-0.2, 0) is 5.75 Å². The van der Waals surface area contributed by atoms with E-state index in [2.05, 4.69) is 10.1 Å². The molecule has 0 spiro atoms. The van der Waals surface area contributed by atoms with Crippen molar-refractivity contribution in [3.63, 3.8) is 0 Å². The molecule has 2 rings (SSSR count). The Hall–Kier alpha value is -1.34. The second-order valence-corrected chi connectivity index (χ2v) is 5.64. The largest absolute Gasteiger partial charge is 0.477 e. The van der Waals surface area contributed by atoms with Crippen LogP contribution in [-0.4, -0.2) is 21.2 Å². The Labute approximate surface area is 106 Å². The van der Waals surface area contributed by atoms with Crippen LogP contribution in [0, 0.1) is 13.8 Å². The molecule has 0 aliphatic heterocycles. The van der Waals surface area contributed by atoms with E-state index in [1.165, 1.54) is 23.1 Å². The Balaban J connectivity index is 2.04. The molecule has 17 heavy (non-hydrogen) atoms. The van der Waals surface area contributed by atoms with Gasteiger partial charge in [-0.3, -0.25) is 0 Å². The van der Waals surface area contributed by atoms with Gasteiger partial charge in [-0.1, -0.05) is 16.9 Å². The van der Waals surface area contributed by atoms with Crippen LogP contribution in [0.1, 0.15) is 26.8 Å². The van der Waals surface area contributed by atoms with Crippen LogP contribution in [0.25, 0.3) is 0 Å². The molecule has 0 bridgehead atoms. The normalized spacial score (nSPS) is 10.7. The van der Waals surface area contributed by atoms with E-state index < -0.39 is 5.97 Å². The fraction of sp³-hybridized carbons (Fsp3) is 0.300. The first-order chi connectivity index (χ1) is 8.06. The number of carboxylic acid groups (broad SMARTS) is 1. The lowest BCUT2D eigenvalue weighted by molar-refractivity contribution is 0.0701. The fourth-order valence-electron chi connectivity index (χ4n) is 1.25. The van der Waals surface area contributed by atoms with Crippen molar-refractivity contribution in [3.8, 4) is 0 Å². The summed E-state index contributed by atoms with van der Waals surface area (Å²) in [5, 5.41) is 12.7. The van der Waals surface area contributed by atoms with Crippen LogP contribution < -0.4 is 0 Å². The number of aryl methyl sites for hydroxylation is 2. The standard InChI is InChI=1S/C10H10N2O3S2/c1-5-3-7(15-12-5)4-16-10-11-6(2)8(17-10)9(13)14/h3H,4H2,1-2H3,(H,13,14). The molecule has 0 fully saturated rings. The van der Waals surface area contributed by atoms with Gasteiger partial charge in [0.1, 0.15) is 10.6 Å². The molecule has 0 aliphatic rings. The third-order valence-electron chi connectivity index (χ3n) is 1.99. The summed E-state index contributed by atoms with van der Waals surface area (Å²) in [4.78, 5) is 15.3. The van der Waals surface area contributed by atoms with E-state index in [9.17, 15) is 4.79 Å². The van der Waals surface area contributed by atoms with Crippen LogP contribution in [0.15, 0.2) is 14.9 Å². The number of nitrogens with zero attached hydrogens (tertiary/aromatic N) is 2. The van der Waals surface area contributed by atoms with Gasteiger partial charge in [0.05, 0.1) is 17.1 Å². The van der Waals surface area contributed by atoms with Crippen molar-refractivity contribution in [1.29, 1.82) is 0 Å². The molecule has 0 unspecified atom stereocenters. The van der Waals surface area contributed by atoms with E-state index >= 15 is 0 Å². The van der Waals surface area contributed by atoms with Crippen molar-refractivity contribution >= 4 is 29.1 Å². The quantitative estimate of drug-likeness (QED) is 0.861. The average molecular weight is 270 g/mol. The summed E-state index contributed by atoms with van der Waals surface area (Å²) in [5.41, 5.74) is 1.39. The number of hydrogen-bond donors (Lipinski definition) is 1. The van der Waals surface area contributed by atoms with Crippen molar-refractivity contribution in [2.45, 2.75) is 23.9 Å². The van der Waals surface area contributed by atoms with Gasteiger partial charge in [0.15, 0.2) is 4.34 Å². The van der Waals surface area contributed by atoms with Gasteiger partial charge < -0.3 is 9.63 Å². The summed E-state index contributed by atoms with van der Waals surface area (Å²) in [6, 6.07) is 1.85. The smallest absolute Gasteiger partial charge is 0.347 e. The number of hydrogen-bond acceptors (Lipinski definition) is 6. The summed E-state index contributed by atoms with van der Waals surface area (Å²) in [6.07, 6.45) is 0. The molecule has 2 aromatic heterocycles. The first-order valence-corrected chi connectivity index (χ1v) is 6.62. The monoisotopic (exact) mass is 270 g/mol. The van der Waals surface area contributed by atoms with Crippen LogP contribution >= 0.6 is 23.1 Å². The minimum Gasteiger partial charge on any atom is -0.477 e. The maximum atomic E-state index is 10.8. The first kappa shape index (κ1) is 12.1. The second-order valence-electron chi connectivity index (χ2n) is 3.42. The molecule has 0 aliphatic carbocycles. The molecular formula is C10H10N2O3S2. The molecular weight excluding hydrogens is 260 g/mol. The van der Waals surface area contributed by atoms with E-state index in [1.807, 2.05) is 13.0 Å². The molecule has 0 saturated carbocycles. The molecule has 2 heterocycles. The highest BCUT2D eigenvalue weighted by molar-refractivity contribution is 8.00. The lowest BCUT2D eigenvalue weighted by Crippen LogP contribution is -1.94. The van der Waals surface area contributed by atoms with Crippen molar-refractivity contribution in [1.82, 2.24) is 10.1 Å². The summed E-state index contributed by atoms with van der Waals surface area (Å²) < 4.78 is 5.79. The topological polar surface area (TPSA) is 76.2 Å².